The van der Waals surface area contributed by atoms with Gasteiger partial charge in [0.1, 0.15) is 0 Å². The lowest BCUT2D eigenvalue weighted by Gasteiger charge is -2.13. The summed E-state index contributed by atoms with van der Waals surface area (Å²) in [6, 6.07) is 81.1. The van der Waals surface area contributed by atoms with Gasteiger partial charge in [-0.15, -0.1) is 0 Å². The molecule has 0 spiro atoms. The maximum absolute atomic E-state index is 5.32. The van der Waals surface area contributed by atoms with Crippen LogP contribution in [0.1, 0.15) is 0 Å². The molecule has 0 unspecified atom stereocenters. The Bertz CT molecular complexity index is 3750. The third-order valence-corrected chi connectivity index (χ3v) is 12.3. The van der Waals surface area contributed by atoms with E-state index in [9.17, 15) is 0 Å². The van der Waals surface area contributed by atoms with Crippen LogP contribution in [0.15, 0.2) is 231 Å². The highest BCUT2D eigenvalue weighted by Gasteiger charge is 2.16. The largest absolute Gasteiger partial charge is 0.228 e. The molecule has 0 aliphatic carbocycles. The van der Waals surface area contributed by atoms with E-state index < -0.39 is 0 Å². The predicted octanol–water partition coefficient (Wildman–Crippen LogP) is 15.5. The van der Waals surface area contributed by atoms with Crippen molar-refractivity contribution in [2.24, 2.45) is 0 Å². The van der Waals surface area contributed by atoms with Crippen LogP contribution in [0.25, 0.3) is 122 Å². The first-order chi connectivity index (χ1) is 31.7. The van der Waals surface area contributed by atoms with Gasteiger partial charge in [-0.2, -0.15) is 0 Å². The van der Waals surface area contributed by atoms with Gasteiger partial charge in [0.05, 0.1) is 22.4 Å². The van der Waals surface area contributed by atoms with Crippen LogP contribution < -0.4 is 0 Å². The minimum Gasteiger partial charge on any atom is -0.228 e. The molecule has 0 saturated heterocycles. The lowest BCUT2D eigenvalue weighted by atomic mass is 9.95. The molecule has 4 heteroatoms. The fraction of sp³-hybridized carbons (Fsp3) is 0. The summed E-state index contributed by atoms with van der Waals surface area (Å²) in [5, 5.41) is 6.91. The van der Waals surface area contributed by atoms with E-state index in [-0.39, 0.29) is 0 Å². The summed E-state index contributed by atoms with van der Waals surface area (Å²) >= 11 is 0. The number of aromatic nitrogens is 4. The van der Waals surface area contributed by atoms with E-state index in [0.717, 1.165) is 77.7 Å². The Labute approximate surface area is 370 Å². The molecule has 10 aromatic carbocycles. The monoisotopic (exact) mass is 814 g/mol. The summed E-state index contributed by atoms with van der Waals surface area (Å²) in [6.45, 7) is 0. The summed E-state index contributed by atoms with van der Waals surface area (Å²) in [5.74, 6) is 1.37. The molecule has 0 aliphatic heterocycles. The van der Waals surface area contributed by atoms with Gasteiger partial charge in [0, 0.05) is 33.0 Å². The SMILES string of the molecule is c1cc(-c2cccc(-c3nc(-c4cccc(-c5cccc6ccccc56)c4)nc4ccccc34)c2)cc(-c2nc(-c3cccc(-c4cccc5ccccc45)c3)c3ccccc3n2)c1. The van der Waals surface area contributed by atoms with Crippen molar-refractivity contribution < 1.29 is 0 Å². The minimum absolute atomic E-state index is 0.680. The maximum atomic E-state index is 5.32. The van der Waals surface area contributed by atoms with Crippen molar-refractivity contribution in [3.05, 3.63) is 231 Å². The van der Waals surface area contributed by atoms with Crippen LogP contribution in [-0.4, -0.2) is 19.9 Å². The topological polar surface area (TPSA) is 51.6 Å². The molecular weight excluding hydrogens is 777 g/mol. The van der Waals surface area contributed by atoms with Crippen molar-refractivity contribution in [2.45, 2.75) is 0 Å². The Hall–Kier alpha value is -8.60. The van der Waals surface area contributed by atoms with Crippen molar-refractivity contribution in [3.8, 4) is 78.7 Å². The number of benzene rings is 10. The molecule has 12 rings (SSSR count). The van der Waals surface area contributed by atoms with Gasteiger partial charge in [0.15, 0.2) is 11.6 Å². The molecule has 0 fully saturated rings. The lowest BCUT2D eigenvalue weighted by Crippen LogP contribution is -1.96. The average molecular weight is 815 g/mol. The zero-order valence-electron chi connectivity index (χ0n) is 34.7. The first-order valence-corrected chi connectivity index (χ1v) is 21.6. The molecule has 0 saturated carbocycles. The Kier molecular flexibility index (Phi) is 9.12. The van der Waals surface area contributed by atoms with E-state index in [1.165, 1.54) is 32.7 Å². The Morgan fingerprint density at radius 2 is 0.547 bits per heavy atom. The minimum atomic E-state index is 0.680. The van der Waals surface area contributed by atoms with Gasteiger partial charge in [-0.1, -0.05) is 194 Å². The third-order valence-electron chi connectivity index (χ3n) is 12.3. The molecule has 0 aliphatic rings. The van der Waals surface area contributed by atoms with E-state index in [4.69, 9.17) is 19.9 Å². The van der Waals surface area contributed by atoms with Gasteiger partial charge in [-0.05, 0) is 91.3 Å². The number of nitrogens with zero attached hydrogens (tertiary/aromatic N) is 4. The van der Waals surface area contributed by atoms with E-state index >= 15 is 0 Å². The van der Waals surface area contributed by atoms with Gasteiger partial charge in [-0.3, -0.25) is 0 Å². The predicted molar refractivity (Wildman–Crippen MR) is 266 cm³/mol. The molecule has 0 atom stereocenters. The standard InChI is InChI=1S/C60H38N4/c1-3-27-49-39(15-1)17-13-31-51(49)43-21-11-24-46(37-43)58-54-30-6-8-34-56(54)61-59(64-58)47-25-10-20-42(36-47)41-19-9-23-45(35-41)57-53-29-5-7-33-55(53)62-60(63-57)48-26-12-22-44(38-48)52-32-14-18-40-16-2-4-28-50(40)52/h1-38H. The molecule has 4 nitrogen and oxygen atoms in total. The van der Waals surface area contributed by atoms with Crippen molar-refractivity contribution in [2.75, 3.05) is 0 Å². The van der Waals surface area contributed by atoms with Crippen molar-refractivity contribution in [3.63, 3.8) is 0 Å². The molecule has 2 heterocycles. The summed E-state index contributed by atoms with van der Waals surface area (Å²) in [4.78, 5) is 20.9. The summed E-state index contributed by atoms with van der Waals surface area (Å²) < 4.78 is 0. The van der Waals surface area contributed by atoms with E-state index in [2.05, 4.69) is 218 Å². The number of hydrogen-bond donors (Lipinski definition) is 0. The van der Waals surface area contributed by atoms with Crippen LogP contribution >= 0.6 is 0 Å². The number of para-hydroxylation sites is 2. The molecule has 2 aromatic heterocycles. The van der Waals surface area contributed by atoms with Crippen LogP contribution in [0.3, 0.4) is 0 Å². The highest BCUT2D eigenvalue weighted by atomic mass is 14.9. The second kappa shape index (κ2) is 15.7. The summed E-state index contributed by atoms with van der Waals surface area (Å²) in [5.41, 5.74) is 14.4. The third kappa shape index (κ3) is 6.75. The molecule has 298 valence electrons. The van der Waals surface area contributed by atoms with Crippen LogP contribution in [0.5, 0.6) is 0 Å². The quantitative estimate of drug-likeness (QED) is 0.161. The molecule has 0 amide bonds. The van der Waals surface area contributed by atoms with Gasteiger partial charge in [0.25, 0.3) is 0 Å². The van der Waals surface area contributed by atoms with Gasteiger partial charge in [-0.25, -0.2) is 19.9 Å². The first-order valence-electron chi connectivity index (χ1n) is 21.6. The highest BCUT2D eigenvalue weighted by Crippen LogP contribution is 2.37. The lowest BCUT2D eigenvalue weighted by molar-refractivity contribution is 1.23. The van der Waals surface area contributed by atoms with E-state index in [1.807, 2.05) is 12.1 Å². The maximum Gasteiger partial charge on any atom is 0.160 e. The van der Waals surface area contributed by atoms with Crippen LogP contribution in [0.2, 0.25) is 0 Å². The first kappa shape index (κ1) is 37.2. The smallest absolute Gasteiger partial charge is 0.160 e. The molecule has 12 aromatic rings. The second-order valence-electron chi connectivity index (χ2n) is 16.2. The number of hydrogen-bond acceptors (Lipinski definition) is 4. The number of rotatable bonds is 7. The zero-order valence-corrected chi connectivity index (χ0v) is 34.7. The summed E-state index contributed by atoms with van der Waals surface area (Å²) in [7, 11) is 0. The number of fused-ring (bicyclic) bond motifs is 4. The second-order valence-corrected chi connectivity index (χ2v) is 16.2. The highest BCUT2D eigenvalue weighted by molar-refractivity contribution is 6.00. The van der Waals surface area contributed by atoms with Crippen LogP contribution in [0, 0.1) is 0 Å². The van der Waals surface area contributed by atoms with Crippen molar-refractivity contribution in [1.29, 1.82) is 0 Å². The van der Waals surface area contributed by atoms with E-state index in [0.29, 0.717) is 11.6 Å². The fourth-order valence-corrected chi connectivity index (χ4v) is 9.15. The Morgan fingerprint density at radius 3 is 1.05 bits per heavy atom. The fourth-order valence-electron chi connectivity index (χ4n) is 9.15. The molecule has 0 radical (unpaired) electrons. The Morgan fingerprint density at radius 1 is 0.219 bits per heavy atom. The van der Waals surface area contributed by atoms with Crippen LogP contribution in [-0.2, 0) is 0 Å². The average Bonchev–Trinajstić information content (AvgIpc) is 3.37. The van der Waals surface area contributed by atoms with Gasteiger partial charge in [0.2, 0.25) is 0 Å². The van der Waals surface area contributed by atoms with Crippen molar-refractivity contribution in [1.82, 2.24) is 19.9 Å². The molecule has 64 heavy (non-hydrogen) atoms. The van der Waals surface area contributed by atoms with Crippen molar-refractivity contribution >= 4 is 43.4 Å². The zero-order chi connectivity index (χ0) is 42.4. The molecular formula is C60H38N4. The van der Waals surface area contributed by atoms with Gasteiger partial charge >= 0.3 is 0 Å². The normalized spacial score (nSPS) is 11.4. The van der Waals surface area contributed by atoms with Gasteiger partial charge < -0.3 is 0 Å². The van der Waals surface area contributed by atoms with E-state index in [1.54, 1.807) is 0 Å². The Balaban J connectivity index is 0.926. The molecule has 0 N–H and O–H groups in total. The van der Waals surface area contributed by atoms with Crippen LogP contribution in [0.4, 0.5) is 0 Å². The molecule has 0 bridgehead atoms. The summed E-state index contributed by atoms with van der Waals surface area (Å²) in [6.07, 6.45) is 0.